The van der Waals surface area contributed by atoms with Gasteiger partial charge in [0.2, 0.25) is 0 Å². The van der Waals surface area contributed by atoms with Gasteiger partial charge < -0.3 is 15.4 Å². The van der Waals surface area contributed by atoms with Crippen LogP contribution in [0.1, 0.15) is 20.8 Å². The molecule has 0 aromatic heterocycles. The van der Waals surface area contributed by atoms with Crippen LogP contribution in [0.3, 0.4) is 0 Å². The molecule has 3 nitrogen and oxygen atoms in total. The van der Waals surface area contributed by atoms with Crippen molar-refractivity contribution in [3.63, 3.8) is 0 Å². The Morgan fingerprint density at radius 2 is 1.50 bits per heavy atom. The third-order valence-electron chi connectivity index (χ3n) is 2.28. The number of ether oxygens (including phenoxy) is 1. The third-order valence-corrected chi connectivity index (χ3v) is 2.28. The molecule has 0 bridgehead atoms. The van der Waals surface area contributed by atoms with Gasteiger partial charge >= 0.3 is 0 Å². The number of benzene rings is 1. The van der Waals surface area contributed by atoms with E-state index in [0.717, 1.165) is 25.4 Å². The molecular formula is C13H24N2O. The Labute approximate surface area is 99.2 Å². The molecule has 1 aromatic carbocycles. The van der Waals surface area contributed by atoms with Gasteiger partial charge in [0.15, 0.2) is 0 Å². The normalized spacial score (nSPS) is 9.06. The molecule has 0 aliphatic rings. The van der Waals surface area contributed by atoms with Gasteiger partial charge in [0.25, 0.3) is 0 Å². The number of hydrogen-bond donors (Lipinski definition) is 1. The summed E-state index contributed by atoms with van der Waals surface area (Å²) in [4.78, 5) is 2.32. The lowest BCUT2D eigenvalue weighted by Gasteiger charge is -2.21. The van der Waals surface area contributed by atoms with E-state index in [2.05, 4.69) is 36.6 Å². The summed E-state index contributed by atoms with van der Waals surface area (Å²) in [6, 6.07) is 8.27. The molecule has 0 atom stereocenters. The molecule has 2 N–H and O–H groups in total. The Kier molecular flexibility index (Phi) is 8.35. The number of nitrogens with two attached hydrogens (primary N) is 1. The highest BCUT2D eigenvalue weighted by molar-refractivity contribution is 5.48. The van der Waals surface area contributed by atoms with Crippen molar-refractivity contribution in [2.24, 2.45) is 5.73 Å². The summed E-state index contributed by atoms with van der Waals surface area (Å²) < 4.78 is 5.39. The molecule has 0 spiro atoms. The maximum atomic E-state index is 5.39. The van der Waals surface area contributed by atoms with Crippen molar-refractivity contribution in [3.8, 4) is 5.75 Å². The van der Waals surface area contributed by atoms with Gasteiger partial charge in [-0.1, -0.05) is 0 Å². The zero-order valence-electron chi connectivity index (χ0n) is 10.9. The van der Waals surface area contributed by atoms with Crippen LogP contribution in [0.4, 0.5) is 5.69 Å². The molecule has 1 rings (SSSR count). The third kappa shape index (κ3) is 4.53. The van der Waals surface area contributed by atoms with Crippen LogP contribution in [0.2, 0.25) is 0 Å². The molecule has 0 radical (unpaired) electrons. The van der Waals surface area contributed by atoms with E-state index >= 15 is 0 Å². The first-order valence-corrected chi connectivity index (χ1v) is 5.87. The first kappa shape index (κ1) is 14.8. The molecule has 0 aliphatic carbocycles. The minimum absolute atomic E-state index is 0.727. The summed E-state index contributed by atoms with van der Waals surface area (Å²) in [7, 11) is 1.50. The van der Waals surface area contributed by atoms with Crippen LogP contribution in [0, 0.1) is 0 Å². The van der Waals surface area contributed by atoms with E-state index in [0.29, 0.717) is 0 Å². The zero-order valence-corrected chi connectivity index (χ0v) is 10.9. The van der Waals surface area contributed by atoms with Crippen molar-refractivity contribution < 1.29 is 4.74 Å². The predicted octanol–water partition coefficient (Wildman–Crippen LogP) is 2.51. The van der Waals surface area contributed by atoms with Gasteiger partial charge in [0.1, 0.15) is 5.75 Å². The lowest BCUT2D eigenvalue weighted by Crippen LogP contribution is -2.21. The van der Waals surface area contributed by atoms with Gasteiger partial charge in [0, 0.05) is 18.8 Å². The second-order valence-electron chi connectivity index (χ2n) is 3.10. The SMILES string of the molecule is CCOc1ccc(N(CC)CC)cc1.CN. The molecule has 0 saturated heterocycles. The maximum absolute atomic E-state index is 5.39. The van der Waals surface area contributed by atoms with E-state index in [4.69, 9.17) is 4.74 Å². The fourth-order valence-electron chi connectivity index (χ4n) is 1.51. The Balaban J connectivity index is 0.00000106. The lowest BCUT2D eigenvalue weighted by molar-refractivity contribution is 0.340. The summed E-state index contributed by atoms with van der Waals surface area (Å²) in [5.41, 5.74) is 5.76. The minimum atomic E-state index is 0.727. The predicted molar refractivity (Wildman–Crippen MR) is 71.3 cm³/mol. The Morgan fingerprint density at radius 1 is 1.00 bits per heavy atom. The average molecular weight is 224 g/mol. The standard InChI is InChI=1S/C12H19NO.CH5N/c1-4-13(5-2)11-7-9-12(10-8-11)14-6-3;1-2/h7-10H,4-6H2,1-3H3;2H2,1H3. The number of anilines is 1. The number of rotatable bonds is 5. The summed E-state index contributed by atoms with van der Waals surface area (Å²) in [5, 5.41) is 0. The average Bonchev–Trinajstić information content (AvgIpc) is 2.36. The number of nitrogens with zero attached hydrogens (tertiary/aromatic N) is 1. The molecule has 0 fully saturated rings. The van der Waals surface area contributed by atoms with Gasteiger partial charge in [-0.05, 0) is 52.1 Å². The van der Waals surface area contributed by atoms with Crippen molar-refractivity contribution >= 4 is 5.69 Å². The van der Waals surface area contributed by atoms with Crippen LogP contribution in [-0.4, -0.2) is 26.7 Å². The van der Waals surface area contributed by atoms with Crippen LogP contribution in [-0.2, 0) is 0 Å². The second-order valence-corrected chi connectivity index (χ2v) is 3.10. The van der Waals surface area contributed by atoms with Crippen molar-refractivity contribution in [3.05, 3.63) is 24.3 Å². The van der Waals surface area contributed by atoms with E-state index in [9.17, 15) is 0 Å². The van der Waals surface area contributed by atoms with Crippen molar-refractivity contribution in [1.82, 2.24) is 0 Å². The van der Waals surface area contributed by atoms with Gasteiger partial charge in [-0.2, -0.15) is 0 Å². The fraction of sp³-hybridized carbons (Fsp3) is 0.538. The van der Waals surface area contributed by atoms with Gasteiger partial charge in [-0.15, -0.1) is 0 Å². The van der Waals surface area contributed by atoms with Gasteiger partial charge in [-0.3, -0.25) is 0 Å². The monoisotopic (exact) mass is 224 g/mol. The van der Waals surface area contributed by atoms with E-state index in [1.54, 1.807) is 0 Å². The van der Waals surface area contributed by atoms with E-state index < -0.39 is 0 Å². The topological polar surface area (TPSA) is 38.5 Å². The number of hydrogen-bond acceptors (Lipinski definition) is 3. The zero-order chi connectivity index (χ0) is 12.4. The maximum Gasteiger partial charge on any atom is 0.119 e. The summed E-state index contributed by atoms with van der Waals surface area (Å²) >= 11 is 0. The quantitative estimate of drug-likeness (QED) is 0.835. The minimum Gasteiger partial charge on any atom is -0.494 e. The fourth-order valence-corrected chi connectivity index (χ4v) is 1.51. The molecular weight excluding hydrogens is 200 g/mol. The van der Waals surface area contributed by atoms with Crippen LogP contribution >= 0.6 is 0 Å². The highest BCUT2D eigenvalue weighted by Crippen LogP contribution is 2.18. The van der Waals surface area contributed by atoms with Crippen LogP contribution < -0.4 is 15.4 Å². The molecule has 0 aliphatic heterocycles. The molecule has 1 aromatic rings. The molecule has 16 heavy (non-hydrogen) atoms. The molecule has 0 saturated carbocycles. The highest BCUT2D eigenvalue weighted by atomic mass is 16.5. The van der Waals surface area contributed by atoms with E-state index in [-0.39, 0.29) is 0 Å². The first-order chi connectivity index (χ1) is 7.81. The van der Waals surface area contributed by atoms with E-state index in [1.165, 1.54) is 12.7 Å². The lowest BCUT2D eigenvalue weighted by atomic mass is 10.2. The first-order valence-electron chi connectivity index (χ1n) is 5.87. The molecule has 3 heteroatoms. The van der Waals surface area contributed by atoms with Crippen LogP contribution in [0.5, 0.6) is 5.75 Å². The van der Waals surface area contributed by atoms with Gasteiger partial charge in [0.05, 0.1) is 6.61 Å². The molecule has 0 heterocycles. The molecule has 0 unspecified atom stereocenters. The Bertz CT molecular complexity index is 255. The highest BCUT2D eigenvalue weighted by Gasteiger charge is 2.00. The Hall–Kier alpha value is -1.22. The second kappa shape index (κ2) is 9.04. The van der Waals surface area contributed by atoms with Gasteiger partial charge in [-0.25, -0.2) is 0 Å². The molecule has 0 amide bonds. The summed E-state index contributed by atoms with van der Waals surface area (Å²) in [5.74, 6) is 0.948. The van der Waals surface area contributed by atoms with Crippen molar-refractivity contribution in [1.29, 1.82) is 0 Å². The van der Waals surface area contributed by atoms with Crippen molar-refractivity contribution in [2.75, 3.05) is 31.6 Å². The molecule has 92 valence electrons. The van der Waals surface area contributed by atoms with Crippen molar-refractivity contribution in [2.45, 2.75) is 20.8 Å². The summed E-state index contributed by atoms with van der Waals surface area (Å²) in [6.07, 6.45) is 0. The largest absolute Gasteiger partial charge is 0.494 e. The summed E-state index contributed by atoms with van der Waals surface area (Å²) in [6.45, 7) is 9.15. The van der Waals surface area contributed by atoms with E-state index in [1.807, 2.05) is 19.1 Å². The van der Waals surface area contributed by atoms with Crippen LogP contribution in [0.15, 0.2) is 24.3 Å². The Morgan fingerprint density at radius 3 is 1.88 bits per heavy atom. The smallest absolute Gasteiger partial charge is 0.119 e. The van der Waals surface area contributed by atoms with Crippen LogP contribution in [0.25, 0.3) is 0 Å².